The predicted octanol–water partition coefficient (Wildman–Crippen LogP) is 2.44. The Bertz CT molecular complexity index is 514. The minimum atomic E-state index is -0.918. The van der Waals surface area contributed by atoms with E-state index in [1.807, 2.05) is 0 Å². The third-order valence-electron chi connectivity index (χ3n) is 3.56. The summed E-state index contributed by atoms with van der Waals surface area (Å²) >= 11 is 6.08. The second kappa shape index (κ2) is 7.43. The fourth-order valence-corrected chi connectivity index (χ4v) is 2.67. The number of carbonyl (C=O) groups excluding carboxylic acids is 1. The lowest BCUT2D eigenvalue weighted by atomic mass is 10.0. The van der Waals surface area contributed by atoms with Gasteiger partial charge in [-0.2, -0.15) is 0 Å². The first-order valence-corrected chi connectivity index (χ1v) is 7.32. The van der Waals surface area contributed by atoms with E-state index in [0.29, 0.717) is 23.8 Å². The van der Waals surface area contributed by atoms with E-state index in [4.69, 9.17) is 21.4 Å². The Labute approximate surface area is 128 Å². The molecular formula is C15H18ClNO4. The second-order valence-electron chi connectivity index (χ2n) is 4.97. The average molecular weight is 312 g/mol. The van der Waals surface area contributed by atoms with Crippen molar-refractivity contribution in [3.05, 3.63) is 34.9 Å². The Balaban J connectivity index is 2.18. The third kappa shape index (κ3) is 4.19. The Morgan fingerprint density at radius 1 is 1.29 bits per heavy atom. The second-order valence-corrected chi connectivity index (χ2v) is 5.37. The topological polar surface area (TPSA) is 66.8 Å². The number of benzene rings is 1. The van der Waals surface area contributed by atoms with E-state index in [2.05, 4.69) is 0 Å². The molecule has 1 aliphatic heterocycles. The summed E-state index contributed by atoms with van der Waals surface area (Å²) < 4.78 is 5.30. The summed E-state index contributed by atoms with van der Waals surface area (Å²) in [7, 11) is 0. The van der Waals surface area contributed by atoms with Crippen LogP contribution in [0.2, 0.25) is 5.02 Å². The van der Waals surface area contributed by atoms with Gasteiger partial charge in [-0.3, -0.25) is 9.59 Å². The van der Waals surface area contributed by atoms with Gasteiger partial charge in [0.15, 0.2) is 0 Å². The van der Waals surface area contributed by atoms with Crippen molar-refractivity contribution in [3.8, 4) is 0 Å². The molecule has 0 spiro atoms. The molecule has 1 fully saturated rings. The van der Waals surface area contributed by atoms with Crippen LogP contribution in [0.5, 0.6) is 0 Å². The molecule has 0 unspecified atom stereocenters. The molecular weight excluding hydrogens is 294 g/mol. The summed E-state index contributed by atoms with van der Waals surface area (Å²) in [5.74, 6) is -1.13. The normalized spacial score (nSPS) is 15.7. The molecule has 21 heavy (non-hydrogen) atoms. The predicted molar refractivity (Wildman–Crippen MR) is 78.6 cm³/mol. The Morgan fingerprint density at radius 2 is 1.95 bits per heavy atom. The van der Waals surface area contributed by atoms with Crippen molar-refractivity contribution in [3.63, 3.8) is 0 Å². The van der Waals surface area contributed by atoms with Crippen LogP contribution in [0.1, 0.15) is 29.6 Å². The Hall–Kier alpha value is -1.59. The van der Waals surface area contributed by atoms with Crippen molar-refractivity contribution < 1.29 is 19.4 Å². The maximum absolute atomic E-state index is 12.7. The highest BCUT2D eigenvalue weighted by Gasteiger charge is 2.27. The summed E-state index contributed by atoms with van der Waals surface area (Å²) in [4.78, 5) is 25.1. The molecule has 5 nitrogen and oxygen atoms in total. The zero-order valence-electron chi connectivity index (χ0n) is 11.6. The van der Waals surface area contributed by atoms with E-state index in [9.17, 15) is 9.59 Å². The molecule has 0 saturated carbocycles. The molecule has 1 aliphatic rings. The van der Waals surface area contributed by atoms with Gasteiger partial charge in [-0.25, -0.2) is 0 Å². The summed E-state index contributed by atoms with van der Waals surface area (Å²) in [6.07, 6.45) is 1.36. The Morgan fingerprint density at radius 3 is 2.57 bits per heavy atom. The van der Waals surface area contributed by atoms with Gasteiger partial charge < -0.3 is 14.7 Å². The number of aliphatic carboxylic acids is 1. The highest BCUT2D eigenvalue weighted by atomic mass is 35.5. The van der Waals surface area contributed by atoms with E-state index in [0.717, 1.165) is 12.8 Å². The maximum atomic E-state index is 12.7. The summed E-state index contributed by atoms with van der Waals surface area (Å²) in [6, 6.07) is 6.83. The van der Waals surface area contributed by atoms with Gasteiger partial charge in [0.2, 0.25) is 0 Å². The van der Waals surface area contributed by atoms with Crippen LogP contribution >= 0.6 is 11.6 Å². The van der Waals surface area contributed by atoms with Crippen LogP contribution in [0.15, 0.2) is 24.3 Å². The SMILES string of the molecule is O=C(O)CCN(C(=O)c1ccccc1Cl)C1CCOCC1. The summed E-state index contributed by atoms with van der Waals surface area (Å²) in [6.45, 7) is 1.36. The fourth-order valence-electron chi connectivity index (χ4n) is 2.45. The number of amides is 1. The number of carboxylic acids is 1. The summed E-state index contributed by atoms with van der Waals surface area (Å²) in [5.41, 5.74) is 0.413. The lowest BCUT2D eigenvalue weighted by Crippen LogP contribution is -2.44. The van der Waals surface area contributed by atoms with E-state index in [1.165, 1.54) is 0 Å². The molecule has 0 bridgehead atoms. The number of rotatable bonds is 5. The third-order valence-corrected chi connectivity index (χ3v) is 3.89. The van der Waals surface area contributed by atoms with Crippen LogP contribution in [0.25, 0.3) is 0 Å². The number of carbonyl (C=O) groups is 2. The largest absolute Gasteiger partial charge is 0.481 e. The van der Waals surface area contributed by atoms with Gasteiger partial charge in [0.1, 0.15) is 0 Å². The molecule has 1 amide bonds. The van der Waals surface area contributed by atoms with Crippen molar-refractivity contribution in [2.75, 3.05) is 19.8 Å². The minimum absolute atomic E-state index is 0.00173. The van der Waals surface area contributed by atoms with Gasteiger partial charge in [0.05, 0.1) is 17.0 Å². The van der Waals surface area contributed by atoms with Gasteiger partial charge in [-0.05, 0) is 25.0 Å². The number of halogens is 1. The van der Waals surface area contributed by atoms with E-state index in [1.54, 1.807) is 29.2 Å². The zero-order valence-corrected chi connectivity index (χ0v) is 12.4. The number of carboxylic acid groups (broad SMARTS) is 1. The van der Waals surface area contributed by atoms with Gasteiger partial charge >= 0.3 is 5.97 Å². The maximum Gasteiger partial charge on any atom is 0.305 e. The molecule has 0 radical (unpaired) electrons. The minimum Gasteiger partial charge on any atom is -0.481 e. The van der Waals surface area contributed by atoms with E-state index >= 15 is 0 Å². The molecule has 2 rings (SSSR count). The monoisotopic (exact) mass is 311 g/mol. The van der Waals surface area contributed by atoms with Crippen LogP contribution in [-0.4, -0.2) is 47.7 Å². The van der Waals surface area contributed by atoms with Crippen LogP contribution < -0.4 is 0 Å². The number of hydrogen-bond acceptors (Lipinski definition) is 3. The van der Waals surface area contributed by atoms with Crippen molar-refractivity contribution in [2.24, 2.45) is 0 Å². The van der Waals surface area contributed by atoms with E-state index in [-0.39, 0.29) is 24.9 Å². The van der Waals surface area contributed by atoms with Crippen molar-refractivity contribution >= 4 is 23.5 Å². The van der Waals surface area contributed by atoms with Gasteiger partial charge in [-0.1, -0.05) is 23.7 Å². The molecule has 1 saturated heterocycles. The molecule has 1 aromatic carbocycles. The first-order chi connectivity index (χ1) is 10.1. The summed E-state index contributed by atoms with van der Waals surface area (Å²) in [5, 5.41) is 9.26. The first kappa shape index (κ1) is 15.8. The molecule has 0 aromatic heterocycles. The van der Waals surface area contributed by atoms with E-state index < -0.39 is 5.97 Å². The fraction of sp³-hybridized carbons (Fsp3) is 0.467. The number of ether oxygens (including phenoxy) is 1. The van der Waals surface area contributed by atoms with Crippen LogP contribution in [0.4, 0.5) is 0 Å². The molecule has 1 N–H and O–H groups in total. The van der Waals surface area contributed by atoms with Gasteiger partial charge in [-0.15, -0.1) is 0 Å². The van der Waals surface area contributed by atoms with Crippen LogP contribution in [-0.2, 0) is 9.53 Å². The highest BCUT2D eigenvalue weighted by molar-refractivity contribution is 6.33. The number of hydrogen-bond donors (Lipinski definition) is 1. The molecule has 1 aromatic rings. The van der Waals surface area contributed by atoms with Crippen molar-refractivity contribution in [1.82, 2.24) is 4.90 Å². The van der Waals surface area contributed by atoms with Crippen LogP contribution in [0, 0.1) is 0 Å². The molecule has 114 valence electrons. The van der Waals surface area contributed by atoms with Crippen molar-refractivity contribution in [2.45, 2.75) is 25.3 Å². The zero-order chi connectivity index (χ0) is 15.2. The molecule has 0 atom stereocenters. The van der Waals surface area contributed by atoms with Gasteiger partial charge in [0.25, 0.3) is 5.91 Å². The Kier molecular flexibility index (Phi) is 5.59. The molecule has 0 aliphatic carbocycles. The quantitative estimate of drug-likeness (QED) is 0.907. The average Bonchev–Trinajstić information content (AvgIpc) is 2.48. The standard InChI is InChI=1S/C15H18ClNO4/c16-13-4-2-1-3-12(13)15(20)17(8-5-14(18)19)11-6-9-21-10-7-11/h1-4,11H,5-10H2,(H,18,19). The lowest BCUT2D eigenvalue weighted by Gasteiger charge is -2.34. The van der Waals surface area contributed by atoms with Gasteiger partial charge in [0, 0.05) is 25.8 Å². The molecule has 1 heterocycles. The lowest BCUT2D eigenvalue weighted by molar-refractivity contribution is -0.137. The molecule has 6 heteroatoms. The van der Waals surface area contributed by atoms with Crippen LogP contribution in [0.3, 0.4) is 0 Å². The first-order valence-electron chi connectivity index (χ1n) is 6.94. The van der Waals surface area contributed by atoms with Crippen molar-refractivity contribution in [1.29, 1.82) is 0 Å². The highest BCUT2D eigenvalue weighted by Crippen LogP contribution is 2.22. The smallest absolute Gasteiger partial charge is 0.305 e. The number of nitrogens with zero attached hydrogens (tertiary/aromatic N) is 1.